The van der Waals surface area contributed by atoms with Gasteiger partial charge in [-0.3, -0.25) is 0 Å². The number of unbranched alkanes of at least 4 members (excludes halogenated alkanes) is 7. The summed E-state index contributed by atoms with van der Waals surface area (Å²) in [4.78, 5) is 0. The first kappa shape index (κ1) is 28.8. The van der Waals surface area contributed by atoms with E-state index in [1.807, 2.05) is 6.92 Å². The van der Waals surface area contributed by atoms with Gasteiger partial charge in [0.1, 0.15) is 6.54 Å². The van der Waals surface area contributed by atoms with E-state index < -0.39 is 10.1 Å². The summed E-state index contributed by atoms with van der Waals surface area (Å²) in [5.41, 5.74) is 0. The van der Waals surface area contributed by atoms with E-state index in [0.29, 0.717) is 32.8 Å². The molecule has 0 radical (unpaired) electrons. The van der Waals surface area contributed by atoms with Gasteiger partial charge in [0.2, 0.25) is 0 Å². The lowest BCUT2D eigenvalue weighted by Gasteiger charge is -2.39. The van der Waals surface area contributed by atoms with Crippen molar-refractivity contribution in [2.75, 3.05) is 58.4 Å². The second-order valence-electron chi connectivity index (χ2n) is 8.14. The third-order valence-electron chi connectivity index (χ3n) is 5.53. The van der Waals surface area contributed by atoms with Crippen molar-refractivity contribution in [2.45, 2.75) is 85.0 Å². The molecule has 0 atom stereocenters. The third kappa shape index (κ3) is 18.3. The van der Waals surface area contributed by atoms with E-state index in [9.17, 15) is 13.0 Å². The lowest BCUT2D eigenvalue weighted by atomic mass is 10.1. The Morgan fingerprint density at radius 1 is 0.655 bits per heavy atom. The van der Waals surface area contributed by atoms with Crippen LogP contribution in [0.3, 0.4) is 0 Å². The Kier molecular flexibility index (Phi) is 18.4. The fourth-order valence-corrected chi connectivity index (χ4v) is 4.32. The first-order valence-electron chi connectivity index (χ1n) is 11.8. The maximum absolute atomic E-state index is 10.9. The van der Waals surface area contributed by atoms with Gasteiger partial charge in [-0.15, -0.1) is 0 Å². The lowest BCUT2D eigenvalue weighted by Crippen LogP contribution is -2.52. The van der Waals surface area contributed by atoms with Crippen LogP contribution in [0.25, 0.3) is 0 Å². The van der Waals surface area contributed by atoms with Gasteiger partial charge in [-0.05, 0) is 45.4 Å². The lowest BCUT2D eigenvalue weighted by molar-refractivity contribution is -0.929. The molecule has 0 aliphatic rings. The molecule has 0 aromatic rings. The van der Waals surface area contributed by atoms with E-state index in [2.05, 4.69) is 13.8 Å². The SMILES string of the molecule is CCCCCC[N+](CCCCCC)(CCCCS(=O)(=O)[O-])CCOCCOCC. The first-order valence-corrected chi connectivity index (χ1v) is 13.4. The van der Waals surface area contributed by atoms with Crippen molar-refractivity contribution in [3.8, 4) is 0 Å². The molecule has 6 nitrogen and oxygen atoms in total. The summed E-state index contributed by atoms with van der Waals surface area (Å²) >= 11 is 0. The zero-order valence-electron chi connectivity index (χ0n) is 19.3. The molecule has 0 aliphatic heterocycles. The number of quaternary nitrogens is 1. The zero-order valence-corrected chi connectivity index (χ0v) is 20.1. The Morgan fingerprint density at radius 3 is 1.66 bits per heavy atom. The molecular weight excluding hydrogens is 390 g/mol. The Bertz CT molecular complexity index is 444. The summed E-state index contributed by atoms with van der Waals surface area (Å²) in [5, 5.41) is 0. The molecule has 0 aromatic carbocycles. The monoisotopic (exact) mass is 437 g/mol. The van der Waals surface area contributed by atoms with E-state index in [1.54, 1.807) is 0 Å². The Labute approximate surface area is 180 Å². The number of hydrogen-bond acceptors (Lipinski definition) is 5. The highest BCUT2D eigenvalue weighted by Gasteiger charge is 2.26. The molecule has 0 saturated carbocycles. The molecule has 0 rings (SSSR count). The molecule has 0 aromatic heterocycles. The quantitative estimate of drug-likeness (QED) is 0.143. The van der Waals surface area contributed by atoms with Crippen LogP contribution < -0.4 is 0 Å². The highest BCUT2D eigenvalue weighted by Crippen LogP contribution is 2.17. The van der Waals surface area contributed by atoms with E-state index in [1.165, 1.54) is 51.4 Å². The van der Waals surface area contributed by atoms with Gasteiger partial charge in [-0.1, -0.05) is 39.5 Å². The number of rotatable bonds is 22. The second-order valence-corrected chi connectivity index (χ2v) is 9.66. The van der Waals surface area contributed by atoms with Crippen molar-refractivity contribution in [1.82, 2.24) is 0 Å². The molecule has 0 bridgehead atoms. The highest BCUT2D eigenvalue weighted by molar-refractivity contribution is 7.85. The average Bonchev–Trinajstić information content (AvgIpc) is 2.68. The van der Waals surface area contributed by atoms with Crippen molar-refractivity contribution in [3.05, 3.63) is 0 Å². The number of hydrogen-bond donors (Lipinski definition) is 0. The maximum atomic E-state index is 10.9. The van der Waals surface area contributed by atoms with Crippen LogP contribution in [0.5, 0.6) is 0 Å². The summed E-state index contributed by atoms with van der Waals surface area (Å²) in [5.74, 6) is -0.247. The first-order chi connectivity index (χ1) is 13.9. The van der Waals surface area contributed by atoms with Gasteiger partial charge >= 0.3 is 0 Å². The predicted octanol–water partition coefficient (Wildman–Crippen LogP) is 4.34. The number of nitrogens with zero attached hydrogens (tertiary/aromatic N) is 1. The minimum Gasteiger partial charge on any atom is -0.748 e. The van der Waals surface area contributed by atoms with Gasteiger partial charge in [-0.2, -0.15) is 0 Å². The van der Waals surface area contributed by atoms with E-state index in [0.717, 1.165) is 37.1 Å². The smallest absolute Gasteiger partial charge is 0.102 e. The van der Waals surface area contributed by atoms with Crippen LogP contribution in [-0.2, 0) is 19.6 Å². The van der Waals surface area contributed by atoms with Crippen LogP contribution in [0.1, 0.15) is 85.0 Å². The van der Waals surface area contributed by atoms with Crippen molar-refractivity contribution in [3.63, 3.8) is 0 Å². The standard InChI is InChI=1S/C22H47NO5S/c1-4-7-9-11-15-23(16-12-10-8-5-2,17-13-14-22-29(24,25)26)18-19-28-21-20-27-6-3/h4-22H2,1-3H3. The summed E-state index contributed by atoms with van der Waals surface area (Å²) in [6.07, 6.45) is 11.1. The van der Waals surface area contributed by atoms with E-state index >= 15 is 0 Å². The minimum absolute atomic E-state index is 0.247. The zero-order chi connectivity index (χ0) is 21.8. The Morgan fingerprint density at radius 2 is 1.17 bits per heavy atom. The molecule has 0 N–H and O–H groups in total. The van der Waals surface area contributed by atoms with Crippen LogP contribution in [-0.4, -0.2) is 75.8 Å². The van der Waals surface area contributed by atoms with Crippen LogP contribution in [0.15, 0.2) is 0 Å². The van der Waals surface area contributed by atoms with Crippen molar-refractivity contribution < 1.29 is 26.9 Å². The molecule has 0 saturated heterocycles. The van der Waals surface area contributed by atoms with Crippen LogP contribution in [0.4, 0.5) is 0 Å². The Balaban J connectivity index is 4.80. The fraction of sp³-hybridized carbons (Fsp3) is 1.00. The van der Waals surface area contributed by atoms with Crippen LogP contribution >= 0.6 is 0 Å². The average molecular weight is 438 g/mol. The fourth-order valence-electron chi connectivity index (χ4n) is 3.77. The third-order valence-corrected chi connectivity index (χ3v) is 6.32. The number of ether oxygens (including phenoxy) is 2. The van der Waals surface area contributed by atoms with Gasteiger partial charge in [0.05, 0.1) is 49.6 Å². The van der Waals surface area contributed by atoms with Crippen molar-refractivity contribution >= 4 is 10.1 Å². The largest absolute Gasteiger partial charge is 0.748 e. The Hall–Kier alpha value is -0.210. The molecule has 0 heterocycles. The van der Waals surface area contributed by atoms with Crippen LogP contribution in [0.2, 0.25) is 0 Å². The molecule has 0 fully saturated rings. The molecule has 0 amide bonds. The molecule has 176 valence electrons. The predicted molar refractivity (Wildman–Crippen MR) is 119 cm³/mol. The van der Waals surface area contributed by atoms with Crippen molar-refractivity contribution in [1.29, 1.82) is 0 Å². The molecule has 29 heavy (non-hydrogen) atoms. The molecule has 0 unspecified atom stereocenters. The highest BCUT2D eigenvalue weighted by atomic mass is 32.2. The maximum Gasteiger partial charge on any atom is 0.102 e. The van der Waals surface area contributed by atoms with Gasteiger partial charge < -0.3 is 18.5 Å². The molecule has 0 aliphatic carbocycles. The summed E-state index contributed by atoms with van der Waals surface area (Å²) in [6.45, 7) is 13.2. The topological polar surface area (TPSA) is 75.7 Å². The van der Waals surface area contributed by atoms with E-state index in [-0.39, 0.29) is 5.75 Å². The van der Waals surface area contributed by atoms with Crippen molar-refractivity contribution in [2.24, 2.45) is 0 Å². The summed E-state index contributed by atoms with van der Waals surface area (Å²) < 4.78 is 45.0. The van der Waals surface area contributed by atoms with Gasteiger partial charge in [0.15, 0.2) is 0 Å². The second kappa shape index (κ2) is 18.6. The minimum atomic E-state index is -4.12. The summed E-state index contributed by atoms with van der Waals surface area (Å²) in [7, 11) is -4.12. The molecule has 7 heteroatoms. The van der Waals surface area contributed by atoms with E-state index in [4.69, 9.17) is 9.47 Å². The summed E-state index contributed by atoms with van der Waals surface area (Å²) in [6, 6.07) is 0. The molecule has 0 spiro atoms. The van der Waals surface area contributed by atoms with Gasteiger partial charge in [0.25, 0.3) is 0 Å². The normalized spacial score (nSPS) is 12.6. The van der Waals surface area contributed by atoms with Gasteiger partial charge in [-0.25, -0.2) is 8.42 Å². The van der Waals surface area contributed by atoms with Gasteiger partial charge in [0, 0.05) is 12.4 Å². The van der Waals surface area contributed by atoms with Crippen LogP contribution in [0, 0.1) is 0 Å². The molecular formula is C22H47NO5S.